The Bertz CT molecular complexity index is 1860. The molecule has 0 saturated heterocycles. The smallest absolute Gasteiger partial charge is 0.190 e. The molecule has 0 aromatic heterocycles. The highest BCUT2D eigenvalue weighted by molar-refractivity contribution is 7.87. The number of ether oxygens (including phenoxy) is 5. The normalized spacial score (nSPS) is 19.1. The molecule has 0 bridgehead atoms. The predicted octanol–water partition coefficient (Wildman–Crippen LogP) is 5.48. The van der Waals surface area contributed by atoms with Gasteiger partial charge in [0.2, 0.25) is 0 Å². The van der Waals surface area contributed by atoms with Crippen LogP contribution < -0.4 is 44.5 Å². The summed E-state index contributed by atoms with van der Waals surface area (Å²) in [6, 6.07) is 15.3. The molecule has 1 N–H and O–H groups in total. The predicted molar refractivity (Wildman–Crippen MR) is 152 cm³/mol. The number of hydrogen-bond acceptors (Lipinski definition) is 8. The van der Waals surface area contributed by atoms with Crippen LogP contribution in [0, 0.1) is 0 Å². The van der Waals surface area contributed by atoms with Crippen LogP contribution in [0.4, 0.5) is 17.1 Å². The van der Waals surface area contributed by atoms with Gasteiger partial charge >= 0.3 is 0 Å². The minimum Gasteiger partial charge on any atom is -0.497 e. The molecule has 0 saturated carbocycles. The summed E-state index contributed by atoms with van der Waals surface area (Å²) in [5.41, 5.74) is 4.57. The number of anilines is 3. The van der Waals surface area contributed by atoms with Crippen molar-refractivity contribution < 1.29 is 33.4 Å². The second-order valence-electron chi connectivity index (χ2n) is 10.9. The maximum absolute atomic E-state index is 16.0. The van der Waals surface area contributed by atoms with Crippen LogP contribution in [0.3, 0.4) is 0 Å². The molecule has 1 unspecified atom stereocenters. The summed E-state index contributed by atoms with van der Waals surface area (Å²) in [6.45, 7) is 4.01. The molecular formula is C31H26NO7P. The maximum atomic E-state index is 16.0. The van der Waals surface area contributed by atoms with Gasteiger partial charge in [0.1, 0.15) is 34.1 Å². The molecule has 4 aromatic carbocycles. The molecule has 9 heteroatoms. The van der Waals surface area contributed by atoms with Gasteiger partial charge in [-0.25, -0.2) is 0 Å². The minimum atomic E-state index is -3.59. The number of aliphatic hydroxyl groups excluding tert-OH is 1. The van der Waals surface area contributed by atoms with Gasteiger partial charge < -0.3 is 38.3 Å². The van der Waals surface area contributed by atoms with E-state index in [2.05, 4.69) is 18.7 Å². The Morgan fingerprint density at radius 3 is 2.17 bits per heavy atom. The van der Waals surface area contributed by atoms with Crippen LogP contribution in [-0.4, -0.2) is 26.4 Å². The molecule has 0 spiro atoms. The van der Waals surface area contributed by atoms with Crippen LogP contribution in [0.5, 0.6) is 40.2 Å². The third-order valence-corrected chi connectivity index (χ3v) is 11.8. The third kappa shape index (κ3) is 2.55. The number of nitrogens with zero attached hydrogens (tertiary/aromatic N) is 1. The first-order valence-electron chi connectivity index (χ1n) is 13.0. The quantitative estimate of drug-likeness (QED) is 0.286. The van der Waals surface area contributed by atoms with Gasteiger partial charge in [0, 0.05) is 23.1 Å². The highest BCUT2D eigenvalue weighted by Gasteiger charge is 2.57. The lowest BCUT2D eigenvalue weighted by molar-refractivity contribution is 0.276. The van der Waals surface area contributed by atoms with Crippen molar-refractivity contribution in [2.45, 2.75) is 25.9 Å². The Morgan fingerprint density at radius 2 is 1.50 bits per heavy atom. The van der Waals surface area contributed by atoms with E-state index in [1.807, 2.05) is 36.4 Å². The number of aliphatic hydroxyl groups is 1. The summed E-state index contributed by atoms with van der Waals surface area (Å²) in [5, 5.41) is 12.3. The first-order chi connectivity index (χ1) is 19.3. The monoisotopic (exact) mass is 555 g/mol. The maximum Gasteiger partial charge on any atom is 0.190 e. The zero-order valence-corrected chi connectivity index (χ0v) is 23.5. The molecule has 4 aliphatic rings. The lowest BCUT2D eigenvalue weighted by Crippen LogP contribution is -2.46. The van der Waals surface area contributed by atoms with Crippen molar-refractivity contribution in [1.82, 2.24) is 0 Å². The first-order valence-corrected chi connectivity index (χ1v) is 14.7. The van der Waals surface area contributed by atoms with Crippen molar-refractivity contribution in [3.63, 3.8) is 0 Å². The van der Waals surface area contributed by atoms with E-state index in [9.17, 15) is 5.11 Å². The fourth-order valence-electron chi connectivity index (χ4n) is 6.76. The third-order valence-electron chi connectivity index (χ3n) is 8.64. The number of fused-ring (bicyclic) bond motifs is 3. The second kappa shape index (κ2) is 7.53. The van der Waals surface area contributed by atoms with Gasteiger partial charge in [0.05, 0.1) is 55.6 Å². The molecule has 0 fully saturated rings. The number of methoxy groups -OCH3 is 3. The van der Waals surface area contributed by atoms with Crippen LogP contribution in [0.25, 0.3) is 0 Å². The van der Waals surface area contributed by atoms with Gasteiger partial charge in [-0.1, -0.05) is 13.8 Å². The van der Waals surface area contributed by atoms with E-state index in [-0.39, 0.29) is 6.61 Å². The van der Waals surface area contributed by atoms with Gasteiger partial charge in [-0.3, -0.25) is 0 Å². The van der Waals surface area contributed by atoms with Gasteiger partial charge in [-0.05, 0) is 47.5 Å². The standard InChI is InChI=1S/C31H26NO7P/c1-31(2)18-11-16(35-3)6-7-20(18)32-21-8-9-22(37-5)27-28(21)40(34)29-23(12-17(36-4)13-24(29)39-27)38-26-15(14-33)10-19(31)25(32)30(26)40/h6-13,33H,14H2,1-5H3. The molecular weight excluding hydrogens is 529 g/mol. The highest BCUT2D eigenvalue weighted by Crippen LogP contribution is 2.69. The Morgan fingerprint density at radius 1 is 0.800 bits per heavy atom. The zero-order valence-electron chi connectivity index (χ0n) is 22.6. The number of hydrogen-bond donors (Lipinski definition) is 1. The van der Waals surface area contributed by atoms with Crippen LogP contribution >= 0.6 is 7.14 Å². The van der Waals surface area contributed by atoms with E-state index in [0.29, 0.717) is 56.0 Å². The van der Waals surface area contributed by atoms with Crippen molar-refractivity contribution >= 4 is 40.1 Å². The fourth-order valence-corrected chi connectivity index (χ4v) is 10.2. The first kappa shape index (κ1) is 23.7. The van der Waals surface area contributed by atoms with Crippen LogP contribution in [0.15, 0.2) is 48.5 Å². The van der Waals surface area contributed by atoms with Crippen LogP contribution in [-0.2, 0) is 16.6 Å². The van der Waals surface area contributed by atoms with Crippen molar-refractivity contribution in [3.05, 3.63) is 65.2 Å². The van der Waals surface area contributed by atoms with Gasteiger partial charge in [0.25, 0.3) is 0 Å². The average molecular weight is 556 g/mol. The summed E-state index contributed by atoms with van der Waals surface area (Å²) >= 11 is 0. The summed E-state index contributed by atoms with van der Waals surface area (Å²) in [5.74, 6) is 3.35. The molecule has 202 valence electrons. The van der Waals surface area contributed by atoms with E-state index >= 15 is 4.57 Å². The van der Waals surface area contributed by atoms with Gasteiger partial charge in [-0.15, -0.1) is 0 Å². The summed E-state index contributed by atoms with van der Waals surface area (Å²) in [7, 11) is 1.20. The van der Waals surface area contributed by atoms with E-state index in [0.717, 1.165) is 33.9 Å². The van der Waals surface area contributed by atoms with E-state index in [1.54, 1.807) is 33.5 Å². The molecule has 4 aliphatic heterocycles. The Labute approximate surface area is 231 Å². The second-order valence-corrected chi connectivity index (χ2v) is 13.4. The van der Waals surface area contributed by atoms with Crippen LogP contribution in [0.1, 0.15) is 30.5 Å². The molecule has 0 amide bonds. The number of benzene rings is 4. The van der Waals surface area contributed by atoms with E-state index in [1.165, 1.54) is 0 Å². The SMILES string of the molecule is COc1cc2c3c(c1)Oc1c(CO)cc4c5c1P3(=O)c1c(ccc(OC)c1O2)N5c1ccc(OC)cc1C4(C)C. The molecule has 0 radical (unpaired) electrons. The van der Waals surface area contributed by atoms with E-state index in [4.69, 9.17) is 23.7 Å². The largest absolute Gasteiger partial charge is 0.497 e. The van der Waals surface area contributed by atoms with Crippen molar-refractivity contribution in [3.8, 4) is 40.2 Å². The molecule has 0 aliphatic carbocycles. The topological polar surface area (TPSA) is 86.7 Å². The highest BCUT2D eigenvalue weighted by atomic mass is 31.2. The minimum absolute atomic E-state index is 0.281. The van der Waals surface area contributed by atoms with Gasteiger partial charge in [-0.2, -0.15) is 0 Å². The molecule has 4 heterocycles. The average Bonchev–Trinajstić information content (AvgIpc) is 2.96. The van der Waals surface area contributed by atoms with Crippen molar-refractivity contribution in [2.75, 3.05) is 26.2 Å². The molecule has 4 aromatic rings. The van der Waals surface area contributed by atoms with Crippen molar-refractivity contribution in [2.24, 2.45) is 0 Å². The zero-order chi connectivity index (χ0) is 27.7. The van der Waals surface area contributed by atoms with E-state index < -0.39 is 12.6 Å². The summed E-state index contributed by atoms with van der Waals surface area (Å²) in [4.78, 5) is 2.15. The Hall–Kier alpha value is -4.13. The lowest BCUT2D eigenvalue weighted by atomic mass is 9.72. The Kier molecular flexibility index (Phi) is 4.47. The fraction of sp³-hybridized carbons (Fsp3) is 0.226. The summed E-state index contributed by atoms with van der Waals surface area (Å²) in [6.07, 6.45) is 0. The molecule has 8 nitrogen and oxygen atoms in total. The molecule has 40 heavy (non-hydrogen) atoms. The summed E-state index contributed by atoms with van der Waals surface area (Å²) < 4.78 is 45.9. The van der Waals surface area contributed by atoms with Gasteiger partial charge in [0.15, 0.2) is 18.6 Å². The molecule has 8 rings (SSSR count). The Balaban J connectivity index is 1.59. The molecule has 1 atom stereocenters. The van der Waals surface area contributed by atoms with Crippen molar-refractivity contribution in [1.29, 1.82) is 0 Å². The van der Waals surface area contributed by atoms with Crippen LogP contribution in [0.2, 0.25) is 0 Å². The number of rotatable bonds is 4. The lowest BCUT2D eigenvalue weighted by Gasteiger charge is -2.50.